The van der Waals surface area contributed by atoms with Crippen LogP contribution in [-0.4, -0.2) is 66.0 Å². The lowest BCUT2D eigenvalue weighted by atomic mass is 9.99. The molecule has 4 rings (SSSR count). The van der Waals surface area contributed by atoms with Crippen molar-refractivity contribution in [3.05, 3.63) is 51.7 Å². The van der Waals surface area contributed by atoms with Gasteiger partial charge in [0.2, 0.25) is 0 Å². The Morgan fingerprint density at radius 3 is 2.58 bits per heavy atom. The van der Waals surface area contributed by atoms with Crippen LogP contribution in [0.1, 0.15) is 30.3 Å². The Morgan fingerprint density at radius 1 is 1.16 bits per heavy atom. The molecule has 2 aliphatic heterocycles. The lowest BCUT2D eigenvalue weighted by Crippen LogP contribution is -2.37. The van der Waals surface area contributed by atoms with Gasteiger partial charge >= 0.3 is 0 Å². The van der Waals surface area contributed by atoms with Gasteiger partial charge in [0.25, 0.3) is 11.7 Å². The Kier molecular flexibility index (Phi) is 6.29. The number of likely N-dealkylation sites (tertiary alicyclic amines) is 1. The average Bonchev–Trinajstić information content (AvgIpc) is 3.41. The van der Waals surface area contributed by atoms with E-state index in [0.29, 0.717) is 43.4 Å². The smallest absolute Gasteiger partial charge is 0.295 e. The van der Waals surface area contributed by atoms with Gasteiger partial charge < -0.3 is 24.4 Å². The first-order valence-electron chi connectivity index (χ1n) is 10.5. The van der Waals surface area contributed by atoms with Gasteiger partial charge in [0.1, 0.15) is 19.0 Å². The number of nitrogens with zero attached hydrogens (tertiary/aromatic N) is 2. The standard InChI is InChI=1S/C23H26N2O5S/c1-3-24(4-2)9-10-25-20(18-6-5-13-31-18)19(22(27)23(25)28)21(26)15-7-8-16-17(14-15)30-12-11-29-16/h5-8,13-14,20,26H,3-4,9-12H2,1-2H3/t20-/m0/s1. The van der Waals surface area contributed by atoms with Gasteiger partial charge in [-0.1, -0.05) is 19.9 Å². The number of ketones is 1. The molecule has 2 aliphatic rings. The number of benzene rings is 1. The SMILES string of the molecule is CCN(CC)CCN1C(=O)C(=O)C(=C(O)c2ccc3c(c2)OCCO3)[C@@H]1c1cccs1. The molecular weight excluding hydrogens is 416 g/mol. The Balaban J connectivity index is 1.74. The summed E-state index contributed by atoms with van der Waals surface area (Å²) < 4.78 is 11.1. The Morgan fingerprint density at radius 2 is 1.90 bits per heavy atom. The Hall–Kier alpha value is -2.84. The minimum atomic E-state index is -0.662. The molecule has 1 aromatic heterocycles. The van der Waals surface area contributed by atoms with E-state index in [1.807, 2.05) is 17.5 Å². The third-order valence-electron chi connectivity index (χ3n) is 5.72. The lowest BCUT2D eigenvalue weighted by molar-refractivity contribution is -0.140. The lowest BCUT2D eigenvalue weighted by Gasteiger charge is -2.27. The van der Waals surface area contributed by atoms with E-state index in [0.717, 1.165) is 18.0 Å². The van der Waals surface area contributed by atoms with Crippen LogP contribution in [-0.2, 0) is 9.59 Å². The first kappa shape index (κ1) is 21.4. The van der Waals surface area contributed by atoms with Crippen LogP contribution in [0, 0.1) is 0 Å². The summed E-state index contributed by atoms with van der Waals surface area (Å²) in [4.78, 5) is 30.6. The predicted octanol–water partition coefficient (Wildman–Crippen LogP) is 3.28. The van der Waals surface area contributed by atoms with Crippen LogP contribution in [0.2, 0.25) is 0 Å². The van der Waals surface area contributed by atoms with Crippen molar-refractivity contribution in [1.29, 1.82) is 0 Å². The molecule has 1 amide bonds. The predicted molar refractivity (Wildman–Crippen MR) is 119 cm³/mol. The van der Waals surface area contributed by atoms with Crippen molar-refractivity contribution in [2.75, 3.05) is 39.4 Å². The molecule has 1 N–H and O–H groups in total. The van der Waals surface area contributed by atoms with E-state index in [9.17, 15) is 14.7 Å². The molecule has 0 aliphatic carbocycles. The number of Topliss-reactive ketones (excluding diaryl/α,β-unsaturated/α-hetero) is 1. The van der Waals surface area contributed by atoms with Gasteiger partial charge in [-0.15, -0.1) is 11.3 Å². The number of hydrogen-bond donors (Lipinski definition) is 1. The summed E-state index contributed by atoms with van der Waals surface area (Å²) in [7, 11) is 0. The largest absolute Gasteiger partial charge is 0.507 e. The number of amides is 1. The summed E-state index contributed by atoms with van der Waals surface area (Å²) in [5, 5.41) is 13.1. The van der Waals surface area contributed by atoms with Gasteiger partial charge in [-0.05, 0) is 42.7 Å². The molecule has 3 heterocycles. The maximum atomic E-state index is 13.0. The number of aliphatic hydroxyl groups excluding tert-OH is 1. The molecule has 1 fully saturated rings. The van der Waals surface area contributed by atoms with E-state index in [4.69, 9.17) is 9.47 Å². The number of thiophene rings is 1. The molecule has 31 heavy (non-hydrogen) atoms. The van der Waals surface area contributed by atoms with Crippen LogP contribution in [0.4, 0.5) is 0 Å². The molecule has 2 aromatic rings. The summed E-state index contributed by atoms with van der Waals surface area (Å²) in [5.74, 6) is -0.329. The highest BCUT2D eigenvalue weighted by atomic mass is 32.1. The molecule has 0 spiro atoms. The zero-order chi connectivity index (χ0) is 22.0. The quantitative estimate of drug-likeness (QED) is 0.403. The van der Waals surface area contributed by atoms with Crippen molar-refractivity contribution in [1.82, 2.24) is 9.80 Å². The van der Waals surface area contributed by atoms with Crippen molar-refractivity contribution < 1.29 is 24.2 Å². The number of rotatable bonds is 7. The van der Waals surface area contributed by atoms with Gasteiger partial charge in [-0.25, -0.2) is 0 Å². The fourth-order valence-corrected chi connectivity index (χ4v) is 4.83. The van der Waals surface area contributed by atoms with E-state index in [-0.39, 0.29) is 11.3 Å². The molecule has 7 nitrogen and oxygen atoms in total. The topological polar surface area (TPSA) is 79.3 Å². The van der Waals surface area contributed by atoms with Crippen molar-refractivity contribution in [2.24, 2.45) is 0 Å². The fraction of sp³-hybridized carbons (Fsp3) is 0.391. The van der Waals surface area contributed by atoms with Gasteiger partial charge in [0, 0.05) is 23.5 Å². The summed E-state index contributed by atoms with van der Waals surface area (Å²) in [6.45, 7) is 7.81. The fourth-order valence-electron chi connectivity index (χ4n) is 3.99. The van der Waals surface area contributed by atoms with Crippen LogP contribution in [0.3, 0.4) is 0 Å². The normalized spacial score (nSPS) is 20.0. The molecule has 0 saturated carbocycles. The second-order valence-corrected chi connectivity index (χ2v) is 8.37. The van der Waals surface area contributed by atoms with E-state index in [1.54, 1.807) is 23.1 Å². The maximum Gasteiger partial charge on any atom is 0.295 e. The Bertz CT molecular complexity index is 997. The number of carbonyl (C=O) groups excluding carboxylic acids is 2. The second-order valence-electron chi connectivity index (χ2n) is 7.39. The number of hydrogen-bond acceptors (Lipinski definition) is 7. The highest BCUT2D eigenvalue weighted by Gasteiger charge is 2.46. The van der Waals surface area contributed by atoms with E-state index in [1.165, 1.54) is 11.3 Å². The number of fused-ring (bicyclic) bond motifs is 1. The van der Waals surface area contributed by atoms with Crippen LogP contribution in [0.5, 0.6) is 11.5 Å². The average molecular weight is 443 g/mol. The zero-order valence-electron chi connectivity index (χ0n) is 17.7. The van der Waals surface area contributed by atoms with Gasteiger partial charge in [0.15, 0.2) is 11.5 Å². The molecule has 164 valence electrons. The maximum absolute atomic E-state index is 13.0. The molecule has 0 unspecified atom stereocenters. The highest BCUT2D eigenvalue weighted by Crippen LogP contribution is 2.42. The van der Waals surface area contributed by atoms with Crippen molar-refractivity contribution in [3.8, 4) is 11.5 Å². The van der Waals surface area contributed by atoms with Crippen molar-refractivity contribution in [2.45, 2.75) is 19.9 Å². The zero-order valence-corrected chi connectivity index (χ0v) is 18.5. The van der Waals surface area contributed by atoms with E-state index < -0.39 is 17.7 Å². The summed E-state index contributed by atoms with van der Waals surface area (Å²) in [6.07, 6.45) is 0. The van der Waals surface area contributed by atoms with Crippen LogP contribution in [0.15, 0.2) is 41.3 Å². The molecule has 8 heteroatoms. The first-order chi connectivity index (χ1) is 15.0. The highest BCUT2D eigenvalue weighted by molar-refractivity contribution is 7.10. The number of ether oxygens (including phenoxy) is 2. The molecule has 1 saturated heterocycles. The summed E-state index contributed by atoms with van der Waals surface area (Å²) >= 11 is 1.46. The second kappa shape index (κ2) is 9.11. The number of aliphatic hydroxyl groups is 1. The minimum absolute atomic E-state index is 0.115. The van der Waals surface area contributed by atoms with Gasteiger partial charge in [-0.3, -0.25) is 9.59 Å². The third-order valence-corrected chi connectivity index (χ3v) is 6.64. The van der Waals surface area contributed by atoms with Gasteiger partial charge in [0.05, 0.1) is 11.6 Å². The molecular formula is C23H26N2O5S. The van der Waals surface area contributed by atoms with Gasteiger partial charge in [-0.2, -0.15) is 0 Å². The third kappa shape index (κ3) is 4.05. The number of likely N-dealkylation sites (N-methyl/N-ethyl adjacent to an activating group) is 1. The Labute approximate surface area is 185 Å². The van der Waals surface area contributed by atoms with Crippen LogP contribution < -0.4 is 9.47 Å². The van der Waals surface area contributed by atoms with E-state index in [2.05, 4.69) is 18.7 Å². The molecule has 1 aromatic carbocycles. The molecule has 0 radical (unpaired) electrons. The summed E-state index contributed by atoms with van der Waals surface area (Å²) in [6, 6.07) is 8.21. The molecule has 1 atom stereocenters. The van der Waals surface area contributed by atoms with Crippen molar-refractivity contribution in [3.63, 3.8) is 0 Å². The van der Waals surface area contributed by atoms with Crippen molar-refractivity contribution >= 4 is 28.8 Å². The van der Waals surface area contributed by atoms with E-state index >= 15 is 0 Å². The minimum Gasteiger partial charge on any atom is -0.507 e. The molecule has 0 bridgehead atoms. The monoisotopic (exact) mass is 442 g/mol. The first-order valence-corrected chi connectivity index (χ1v) is 11.4. The van der Waals surface area contributed by atoms with Crippen LogP contribution >= 0.6 is 11.3 Å². The summed E-state index contributed by atoms with van der Waals surface area (Å²) in [5.41, 5.74) is 0.538. The number of carbonyl (C=O) groups is 2. The van der Waals surface area contributed by atoms with Crippen LogP contribution in [0.25, 0.3) is 5.76 Å².